The topological polar surface area (TPSA) is 58.6 Å². The number of hydrogen-bond donors (Lipinski definition) is 1. The van der Waals surface area contributed by atoms with Crippen LogP contribution in [0.1, 0.15) is 28.8 Å². The number of para-hydroxylation sites is 1. The molecule has 4 rings (SSSR count). The van der Waals surface area contributed by atoms with Crippen LogP contribution in [0.5, 0.6) is 5.75 Å². The largest absolute Gasteiger partial charge is 0.489 e. The number of hydrogen-bond acceptors (Lipinski definition) is 3. The Morgan fingerprint density at radius 1 is 0.871 bits per heavy atom. The lowest BCUT2D eigenvalue weighted by molar-refractivity contribution is -0.121. The van der Waals surface area contributed by atoms with Crippen molar-refractivity contribution in [3.63, 3.8) is 0 Å². The molecule has 0 saturated carbocycles. The van der Waals surface area contributed by atoms with Crippen molar-refractivity contribution in [1.82, 2.24) is 4.90 Å². The van der Waals surface area contributed by atoms with E-state index in [0.717, 1.165) is 11.3 Å². The van der Waals surface area contributed by atoms with Crippen molar-refractivity contribution < 1.29 is 14.3 Å². The molecule has 0 aromatic heterocycles. The molecule has 0 spiro atoms. The normalized spacial score (nSPS) is 14.1. The number of piperidine rings is 1. The number of nitrogens with one attached hydrogen (secondary N) is 1. The molecule has 1 aliphatic heterocycles. The van der Waals surface area contributed by atoms with Crippen molar-refractivity contribution in [2.45, 2.75) is 19.4 Å². The van der Waals surface area contributed by atoms with Gasteiger partial charge in [-0.3, -0.25) is 9.59 Å². The zero-order valence-electron chi connectivity index (χ0n) is 17.4. The highest BCUT2D eigenvalue weighted by molar-refractivity contribution is 5.95. The molecule has 2 amide bonds. The fourth-order valence-electron chi connectivity index (χ4n) is 3.75. The summed E-state index contributed by atoms with van der Waals surface area (Å²) in [7, 11) is 0. The van der Waals surface area contributed by atoms with Gasteiger partial charge in [-0.25, -0.2) is 0 Å². The van der Waals surface area contributed by atoms with Gasteiger partial charge >= 0.3 is 0 Å². The van der Waals surface area contributed by atoms with Crippen molar-refractivity contribution in [3.05, 3.63) is 96.1 Å². The second-order valence-electron chi connectivity index (χ2n) is 7.72. The molecule has 1 saturated heterocycles. The van der Waals surface area contributed by atoms with Crippen LogP contribution in [-0.2, 0) is 11.4 Å². The third kappa shape index (κ3) is 5.51. The fraction of sp³-hybridized carbons (Fsp3) is 0.231. The Balaban J connectivity index is 1.30. The molecule has 5 heteroatoms. The average molecular weight is 415 g/mol. The molecule has 31 heavy (non-hydrogen) atoms. The van der Waals surface area contributed by atoms with Gasteiger partial charge in [-0.2, -0.15) is 0 Å². The van der Waals surface area contributed by atoms with E-state index in [4.69, 9.17) is 4.74 Å². The van der Waals surface area contributed by atoms with E-state index in [1.54, 1.807) is 6.07 Å². The minimum atomic E-state index is -0.0789. The van der Waals surface area contributed by atoms with Gasteiger partial charge in [0.1, 0.15) is 12.4 Å². The molecule has 3 aromatic carbocycles. The van der Waals surface area contributed by atoms with Crippen LogP contribution >= 0.6 is 0 Å². The van der Waals surface area contributed by atoms with E-state index in [1.165, 1.54) is 0 Å². The Bertz CT molecular complexity index is 1010. The maximum atomic E-state index is 13.0. The number of rotatable bonds is 6. The van der Waals surface area contributed by atoms with Crippen molar-refractivity contribution in [3.8, 4) is 5.75 Å². The van der Waals surface area contributed by atoms with E-state index in [0.29, 0.717) is 43.9 Å². The van der Waals surface area contributed by atoms with E-state index in [-0.39, 0.29) is 17.7 Å². The molecule has 0 bridgehead atoms. The summed E-state index contributed by atoms with van der Waals surface area (Å²) in [4.78, 5) is 27.3. The minimum absolute atomic E-state index is 0.0212. The summed E-state index contributed by atoms with van der Waals surface area (Å²) in [6.45, 7) is 1.60. The Kier molecular flexibility index (Phi) is 6.62. The number of benzene rings is 3. The lowest BCUT2D eigenvalue weighted by Gasteiger charge is -2.31. The molecule has 0 radical (unpaired) electrons. The first kappa shape index (κ1) is 20.7. The third-order valence-corrected chi connectivity index (χ3v) is 5.52. The molecular weight excluding hydrogens is 388 g/mol. The summed E-state index contributed by atoms with van der Waals surface area (Å²) in [5.41, 5.74) is 2.49. The van der Waals surface area contributed by atoms with Gasteiger partial charge in [0.15, 0.2) is 0 Å². The number of amides is 2. The van der Waals surface area contributed by atoms with Crippen LogP contribution in [0.3, 0.4) is 0 Å². The SMILES string of the molecule is O=C(Nc1ccccc1)C1CCN(C(=O)c2cccc(OCc3ccccc3)c2)CC1. The highest BCUT2D eigenvalue weighted by Gasteiger charge is 2.28. The quantitative estimate of drug-likeness (QED) is 0.633. The molecule has 0 aliphatic carbocycles. The predicted molar refractivity (Wildman–Crippen MR) is 121 cm³/mol. The summed E-state index contributed by atoms with van der Waals surface area (Å²) in [6.07, 6.45) is 1.32. The first-order chi connectivity index (χ1) is 15.2. The Labute approximate surface area is 182 Å². The van der Waals surface area contributed by atoms with Gasteiger partial charge in [-0.05, 0) is 48.7 Å². The number of anilines is 1. The monoisotopic (exact) mass is 414 g/mol. The molecule has 0 unspecified atom stereocenters. The standard InChI is InChI=1S/C26H26N2O3/c29-25(27-23-11-5-2-6-12-23)21-14-16-28(17-15-21)26(30)22-10-7-13-24(18-22)31-19-20-8-3-1-4-9-20/h1-13,18,21H,14-17,19H2,(H,27,29). The summed E-state index contributed by atoms with van der Waals surface area (Å²) in [5.74, 6) is 0.596. The number of carbonyl (C=O) groups is 2. The zero-order chi connectivity index (χ0) is 21.5. The van der Waals surface area contributed by atoms with Gasteiger partial charge in [0.05, 0.1) is 0 Å². The van der Waals surface area contributed by atoms with E-state index in [1.807, 2.05) is 83.8 Å². The zero-order valence-corrected chi connectivity index (χ0v) is 17.4. The second kappa shape index (κ2) is 9.94. The van der Waals surface area contributed by atoms with Gasteiger partial charge in [0.25, 0.3) is 5.91 Å². The Hall–Kier alpha value is -3.60. The van der Waals surface area contributed by atoms with Crippen molar-refractivity contribution in [2.24, 2.45) is 5.92 Å². The van der Waals surface area contributed by atoms with Crippen LogP contribution in [-0.4, -0.2) is 29.8 Å². The maximum absolute atomic E-state index is 13.0. The highest BCUT2D eigenvalue weighted by Crippen LogP contribution is 2.22. The van der Waals surface area contributed by atoms with E-state index in [2.05, 4.69) is 5.32 Å². The van der Waals surface area contributed by atoms with Crippen molar-refractivity contribution in [2.75, 3.05) is 18.4 Å². The van der Waals surface area contributed by atoms with Crippen LogP contribution in [0.25, 0.3) is 0 Å². The van der Waals surface area contributed by atoms with Gasteiger partial charge in [-0.15, -0.1) is 0 Å². The van der Waals surface area contributed by atoms with E-state index in [9.17, 15) is 9.59 Å². The third-order valence-electron chi connectivity index (χ3n) is 5.52. The second-order valence-corrected chi connectivity index (χ2v) is 7.72. The first-order valence-corrected chi connectivity index (χ1v) is 10.6. The number of ether oxygens (including phenoxy) is 1. The molecule has 1 N–H and O–H groups in total. The number of carbonyl (C=O) groups excluding carboxylic acids is 2. The molecule has 1 fully saturated rings. The summed E-state index contributed by atoms with van der Waals surface area (Å²) in [5, 5.41) is 2.96. The van der Waals surface area contributed by atoms with Gasteiger partial charge in [-0.1, -0.05) is 54.6 Å². The fourth-order valence-corrected chi connectivity index (χ4v) is 3.75. The van der Waals surface area contributed by atoms with Gasteiger partial charge in [0, 0.05) is 30.3 Å². The minimum Gasteiger partial charge on any atom is -0.489 e. The molecule has 158 valence electrons. The predicted octanol–water partition coefficient (Wildman–Crippen LogP) is 4.76. The molecule has 1 aliphatic rings. The van der Waals surface area contributed by atoms with E-state index >= 15 is 0 Å². The number of likely N-dealkylation sites (tertiary alicyclic amines) is 1. The molecular formula is C26H26N2O3. The van der Waals surface area contributed by atoms with Crippen LogP contribution in [0.4, 0.5) is 5.69 Å². The molecule has 1 heterocycles. The summed E-state index contributed by atoms with van der Waals surface area (Å²) in [6, 6.07) is 26.7. The Morgan fingerprint density at radius 3 is 2.26 bits per heavy atom. The average Bonchev–Trinajstić information content (AvgIpc) is 2.84. The summed E-state index contributed by atoms with van der Waals surface area (Å²) >= 11 is 0. The lowest BCUT2D eigenvalue weighted by Crippen LogP contribution is -2.41. The first-order valence-electron chi connectivity index (χ1n) is 10.6. The van der Waals surface area contributed by atoms with Crippen LogP contribution in [0.2, 0.25) is 0 Å². The highest BCUT2D eigenvalue weighted by atomic mass is 16.5. The summed E-state index contributed by atoms with van der Waals surface area (Å²) < 4.78 is 5.85. The molecule has 5 nitrogen and oxygen atoms in total. The van der Waals surface area contributed by atoms with Crippen molar-refractivity contribution in [1.29, 1.82) is 0 Å². The van der Waals surface area contributed by atoms with Gasteiger partial charge in [0.2, 0.25) is 5.91 Å². The van der Waals surface area contributed by atoms with Crippen LogP contribution < -0.4 is 10.1 Å². The van der Waals surface area contributed by atoms with Gasteiger partial charge < -0.3 is 15.0 Å². The van der Waals surface area contributed by atoms with E-state index < -0.39 is 0 Å². The molecule has 3 aromatic rings. The lowest BCUT2D eigenvalue weighted by atomic mass is 9.95. The Morgan fingerprint density at radius 2 is 1.55 bits per heavy atom. The van der Waals surface area contributed by atoms with Crippen molar-refractivity contribution >= 4 is 17.5 Å². The smallest absolute Gasteiger partial charge is 0.253 e. The molecule has 0 atom stereocenters. The van der Waals surface area contributed by atoms with Crippen LogP contribution in [0.15, 0.2) is 84.9 Å². The van der Waals surface area contributed by atoms with Crippen LogP contribution in [0, 0.1) is 5.92 Å². The maximum Gasteiger partial charge on any atom is 0.253 e. The number of nitrogens with zero attached hydrogens (tertiary/aromatic N) is 1.